The molecule has 0 bridgehead atoms. The van der Waals surface area contributed by atoms with E-state index in [9.17, 15) is 9.59 Å². The van der Waals surface area contributed by atoms with Gasteiger partial charge in [-0.25, -0.2) is 4.79 Å². The van der Waals surface area contributed by atoms with Gasteiger partial charge in [0.2, 0.25) is 0 Å². The second kappa shape index (κ2) is 7.42. The highest BCUT2D eigenvalue weighted by Crippen LogP contribution is 2.40. The second-order valence-corrected chi connectivity index (χ2v) is 5.86. The number of rotatable bonds is 5. The molecule has 5 heteroatoms. The first kappa shape index (κ1) is 17.2. The molecule has 1 saturated heterocycles. The topological polar surface area (TPSA) is 61.8 Å². The molecule has 0 radical (unpaired) electrons. The Bertz CT molecular complexity index is 583. The van der Waals surface area contributed by atoms with E-state index in [1.54, 1.807) is 6.08 Å². The van der Waals surface area contributed by atoms with Gasteiger partial charge in [-0.1, -0.05) is 18.2 Å². The minimum absolute atomic E-state index is 0.00651. The normalized spacial score (nSPS) is 27.6. The Labute approximate surface area is 136 Å². The van der Waals surface area contributed by atoms with Crippen molar-refractivity contribution in [1.82, 2.24) is 0 Å². The fourth-order valence-corrected chi connectivity index (χ4v) is 3.15. The molecule has 1 fully saturated rings. The monoisotopic (exact) mass is 318 g/mol. The molecule has 0 aliphatic carbocycles. The van der Waals surface area contributed by atoms with Gasteiger partial charge in [0.15, 0.2) is 0 Å². The lowest BCUT2D eigenvalue weighted by Gasteiger charge is -2.41. The minimum Gasteiger partial charge on any atom is -0.466 e. The highest BCUT2D eigenvalue weighted by Gasteiger charge is 2.42. The van der Waals surface area contributed by atoms with Crippen LogP contribution in [-0.4, -0.2) is 31.8 Å². The molecule has 0 aromatic heterocycles. The summed E-state index contributed by atoms with van der Waals surface area (Å²) in [6.07, 6.45) is 4.22. The highest BCUT2D eigenvalue weighted by atomic mass is 16.6. The van der Waals surface area contributed by atoms with Crippen molar-refractivity contribution in [3.63, 3.8) is 0 Å². The van der Waals surface area contributed by atoms with E-state index in [-0.39, 0.29) is 12.2 Å². The smallest absolute Gasteiger partial charge is 0.330 e. The van der Waals surface area contributed by atoms with Gasteiger partial charge in [0.05, 0.1) is 19.3 Å². The lowest BCUT2D eigenvalue weighted by Crippen LogP contribution is -2.43. The average Bonchev–Trinajstić information content (AvgIpc) is 2.52. The molecule has 2 atom stereocenters. The maximum Gasteiger partial charge on any atom is 0.330 e. The summed E-state index contributed by atoms with van der Waals surface area (Å²) in [6, 6.07) is 7.62. The number of ether oxygens (including phenoxy) is 3. The summed E-state index contributed by atoms with van der Waals surface area (Å²) in [5, 5.41) is 0. The first-order valence-corrected chi connectivity index (χ1v) is 7.62. The van der Waals surface area contributed by atoms with Crippen LogP contribution in [0.3, 0.4) is 0 Å². The molecule has 0 spiro atoms. The van der Waals surface area contributed by atoms with E-state index >= 15 is 0 Å². The molecule has 0 amide bonds. The van der Waals surface area contributed by atoms with Crippen molar-refractivity contribution in [3.05, 3.63) is 41.5 Å². The third-order valence-corrected chi connectivity index (χ3v) is 4.00. The van der Waals surface area contributed by atoms with Crippen molar-refractivity contribution in [3.8, 4) is 0 Å². The zero-order valence-corrected chi connectivity index (χ0v) is 13.7. The van der Waals surface area contributed by atoms with Crippen LogP contribution in [0.2, 0.25) is 0 Å². The van der Waals surface area contributed by atoms with Crippen molar-refractivity contribution >= 4 is 18.5 Å². The Balaban J connectivity index is 2.34. The van der Waals surface area contributed by atoms with Crippen LogP contribution in [0.1, 0.15) is 37.8 Å². The molecule has 1 aliphatic rings. The van der Waals surface area contributed by atoms with Crippen LogP contribution in [0.15, 0.2) is 30.3 Å². The molecule has 0 saturated carbocycles. The number of methoxy groups -OCH3 is 1. The first-order chi connectivity index (χ1) is 11.0. The van der Waals surface area contributed by atoms with Crippen LogP contribution < -0.4 is 0 Å². The van der Waals surface area contributed by atoms with Gasteiger partial charge < -0.3 is 14.2 Å². The van der Waals surface area contributed by atoms with Crippen molar-refractivity contribution in [1.29, 1.82) is 0 Å². The summed E-state index contributed by atoms with van der Waals surface area (Å²) in [6.45, 7) is 4.45. The van der Waals surface area contributed by atoms with E-state index in [0.717, 1.165) is 11.1 Å². The number of carbonyl (C=O) groups excluding carboxylic acids is 2. The predicted octanol–water partition coefficient (Wildman–Crippen LogP) is 2.83. The highest BCUT2D eigenvalue weighted by molar-refractivity contribution is 5.86. The SMILES string of the molecule is COC(=O)/C=C/c1cccc(C2(OC=O)CC(C)OC(C)C2)c1. The molecule has 5 nitrogen and oxygen atoms in total. The molecule has 2 unspecified atom stereocenters. The Morgan fingerprint density at radius 1 is 1.30 bits per heavy atom. The maximum absolute atomic E-state index is 11.2. The van der Waals surface area contributed by atoms with Crippen molar-refractivity contribution in [2.45, 2.75) is 44.5 Å². The van der Waals surface area contributed by atoms with Crippen molar-refractivity contribution in [2.75, 3.05) is 7.11 Å². The lowest BCUT2D eigenvalue weighted by atomic mass is 9.81. The molecular weight excluding hydrogens is 296 g/mol. The van der Waals surface area contributed by atoms with Gasteiger partial charge >= 0.3 is 5.97 Å². The molecule has 1 aromatic rings. The first-order valence-electron chi connectivity index (χ1n) is 7.62. The number of esters is 1. The molecule has 1 aliphatic heterocycles. The summed E-state index contributed by atoms with van der Waals surface area (Å²) >= 11 is 0. The van der Waals surface area contributed by atoms with Crippen molar-refractivity contribution < 1.29 is 23.8 Å². The number of hydrogen-bond donors (Lipinski definition) is 0. The Morgan fingerprint density at radius 3 is 2.61 bits per heavy atom. The Morgan fingerprint density at radius 2 is 2.00 bits per heavy atom. The van der Waals surface area contributed by atoms with Crippen LogP contribution in [0.25, 0.3) is 6.08 Å². The zero-order valence-electron chi connectivity index (χ0n) is 13.7. The second-order valence-electron chi connectivity index (χ2n) is 5.86. The van der Waals surface area contributed by atoms with Gasteiger partial charge in [-0.3, -0.25) is 4.79 Å². The summed E-state index contributed by atoms with van der Waals surface area (Å²) in [5.41, 5.74) is 1.04. The average molecular weight is 318 g/mol. The molecule has 124 valence electrons. The number of hydrogen-bond acceptors (Lipinski definition) is 5. The third kappa shape index (κ3) is 4.20. The van der Waals surface area contributed by atoms with Crippen molar-refractivity contribution in [2.24, 2.45) is 0 Å². The Hall–Kier alpha value is -2.14. The zero-order chi connectivity index (χ0) is 16.9. The van der Waals surface area contributed by atoms with E-state index in [1.165, 1.54) is 13.2 Å². The van der Waals surface area contributed by atoms with Crippen LogP contribution in [0.4, 0.5) is 0 Å². The fraction of sp³-hybridized carbons (Fsp3) is 0.444. The maximum atomic E-state index is 11.2. The van der Waals surface area contributed by atoms with Gasteiger partial charge in [0, 0.05) is 18.9 Å². The molecule has 23 heavy (non-hydrogen) atoms. The summed E-state index contributed by atoms with van der Waals surface area (Å²) in [5.74, 6) is -0.414. The minimum atomic E-state index is -0.700. The molecule has 1 heterocycles. The standard InChI is InChI=1S/C18H22O5/c1-13-10-18(22-12-19,11-14(2)23-13)16-6-4-5-15(9-16)7-8-17(20)21-3/h4-9,12-14H,10-11H2,1-3H3/b8-7+. The largest absolute Gasteiger partial charge is 0.466 e. The van der Waals surface area contributed by atoms with Gasteiger partial charge in [0.1, 0.15) is 5.60 Å². The molecule has 0 N–H and O–H groups in total. The number of benzene rings is 1. The lowest BCUT2D eigenvalue weighted by molar-refractivity contribution is -0.173. The van der Waals surface area contributed by atoms with Gasteiger partial charge in [-0.05, 0) is 37.1 Å². The van der Waals surface area contributed by atoms with E-state index in [0.29, 0.717) is 19.3 Å². The van der Waals surface area contributed by atoms with Gasteiger partial charge in [-0.2, -0.15) is 0 Å². The summed E-state index contributed by atoms with van der Waals surface area (Å²) in [7, 11) is 1.33. The van der Waals surface area contributed by atoms with Gasteiger partial charge in [-0.15, -0.1) is 0 Å². The van der Waals surface area contributed by atoms with E-state index < -0.39 is 11.6 Å². The molecular formula is C18H22O5. The summed E-state index contributed by atoms with van der Waals surface area (Å²) in [4.78, 5) is 22.3. The fourth-order valence-electron chi connectivity index (χ4n) is 3.15. The van der Waals surface area contributed by atoms with Crippen LogP contribution in [0.5, 0.6) is 0 Å². The van der Waals surface area contributed by atoms with Crippen LogP contribution in [0, 0.1) is 0 Å². The van der Waals surface area contributed by atoms with E-state index in [2.05, 4.69) is 4.74 Å². The summed E-state index contributed by atoms with van der Waals surface area (Å²) < 4.78 is 15.9. The number of carbonyl (C=O) groups is 2. The van der Waals surface area contributed by atoms with E-state index in [1.807, 2.05) is 38.1 Å². The molecule has 2 rings (SSSR count). The Kier molecular flexibility index (Phi) is 5.55. The van der Waals surface area contributed by atoms with Crippen LogP contribution in [-0.2, 0) is 29.4 Å². The predicted molar refractivity (Wildman–Crippen MR) is 85.6 cm³/mol. The van der Waals surface area contributed by atoms with Crippen LogP contribution >= 0.6 is 0 Å². The third-order valence-electron chi connectivity index (χ3n) is 4.00. The molecule has 1 aromatic carbocycles. The van der Waals surface area contributed by atoms with E-state index in [4.69, 9.17) is 9.47 Å². The quantitative estimate of drug-likeness (QED) is 0.474. The van der Waals surface area contributed by atoms with Gasteiger partial charge in [0.25, 0.3) is 6.47 Å².